The second-order valence-corrected chi connectivity index (χ2v) is 7.25. The molecule has 0 bridgehead atoms. The Morgan fingerprint density at radius 1 is 0.968 bits per heavy atom. The molecule has 0 aliphatic rings. The number of anilines is 1. The standard InChI is InChI=1S/C22H23N7O2/c1-13-15(3)29(12-25-13)19-10-20(24-11-23-19)31-18-8-6-17(7-9-18)26-22(30)21-14(2)27-28(5)16(21)4/h6-12H,1-5H3,(H,26,30). The molecule has 0 fully saturated rings. The maximum atomic E-state index is 12.6. The quantitative estimate of drug-likeness (QED) is 0.532. The highest BCUT2D eigenvalue weighted by atomic mass is 16.5. The molecular weight excluding hydrogens is 394 g/mol. The minimum atomic E-state index is -0.191. The summed E-state index contributed by atoms with van der Waals surface area (Å²) in [7, 11) is 1.82. The van der Waals surface area contributed by atoms with Crippen LogP contribution < -0.4 is 10.1 Å². The maximum Gasteiger partial charge on any atom is 0.259 e. The van der Waals surface area contributed by atoms with Crippen LogP contribution in [-0.4, -0.2) is 35.2 Å². The second kappa shape index (κ2) is 8.02. The fourth-order valence-electron chi connectivity index (χ4n) is 3.27. The van der Waals surface area contributed by atoms with Crippen LogP contribution in [-0.2, 0) is 7.05 Å². The van der Waals surface area contributed by atoms with E-state index in [9.17, 15) is 4.79 Å². The topological polar surface area (TPSA) is 99.8 Å². The van der Waals surface area contributed by atoms with E-state index in [4.69, 9.17) is 4.74 Å². The van der Waals surface area contributed by atoms with Crippen molar-refractivity contribution in [1.82, 2.24) is 29.3 Å². The molecule has 0 saturated carbocycles. The van der Waals surface area contributed by atoms with Crippen LogP contribution in [0.1, 0.15) is 33.1 Å². The molecule has 1 amide bonds. The lowest BCUT2D eigenvalue weighted by molar-refractivity contribution is 0.102. The summed E-state index contributed by atoms with van der Waals surface area (Å²) in [5, 5.41) is 7.19. The van der Waals surface area contributed by atoms with Gasteiger partial charge in [0.25, 0.3) is 5.91 Å². The monoisotopic (exact) mass is 417 g/mol. The molecule has 158 valence electrons. The Hall–Kier alpha value is -4.01. The highest BCUT2D eigenvalue weighted by molar-refractivity contribution is 6.05. The first-order valence-corrected chi connectivity index (χ1v) is 9.76. The maximum absolute atomic E-state index is 12.6. The van der Waals surface area contributed by atoms with Gasteiger partial charge in [-0.15, -0.1) is 0 Å². The van der Waals surface area contributed by atoms with Crippen LogP contribution in [0.4, 0.5) is 5.69 Å². The minimum absolute atomic E-state index is 0.191. The van der Waals surface area contributed by atoms with E-state index >= 15 is 0 Å². The van der Waals surface area contributed by atoms with Crippen LogP contribution in [0.15, 0.2) is 43.0 Å². The number of aromatic nitrogens is 6. The summed E-state index contributed by atoms with van der Waals surface area (Å²) in [6.07, 6.45) is 3.17. The number of hydrogen-bond donors (Lipinski definition) is 1. The van der Waals surface area contributed by atoms with Crippen molar-refractivity contribution < 1.29 is 9.53 Å². The van der Waals surface area contributed by atoms with Crippen molar-refractivity contribution in [3.05, 3.63) is 71.3 Å². The second-order valence-electron chi connectivity index (χ2n) is 7.25. The third kappa shape index (κ3) is 4.02. The average Bonchev–Trinajstić information content (AvgIpc) is 3.21. The number of rotatable bonds is 5. The Balaban J connectivity index is 1.47. The Morgan fingerprint density at radius 2 is 1.71 bits per heavy atom. The van der Waals surface area contributed by atoms with Gasteiger partial charge in [0, 0.05) is 30.2 Å². The highest BCUT2D eigenvalue weighted by Crippen LogP contribution is 2.24. The molecule has 0 spiro atoms. The summed E-state index contributed by atoms with van der Waals surface area (Å²) in [6.45, 7) is 7.62. The first-order chi connectivity index (χ1) is 14.8. The van der Waals surface area contributed by atoms with Gasteiger partial charge in [-0.2, -0.15) is 5.10 Å². The molecule has 3 aromatic heterocycles. The number of amides is 1. The number of benzene rings is 1. The van der Waals surface area contributed by atoms with E-state index in [1.165, 1.54) is 6.33 Å². The third-order valence-electron chi connectivity index (χ3n) is 5.20. The van der Waals surface area contributed by atoms with Crippen LogP contribution in [0.2, 0.25) is 0 Å². The summed E-state index contributed by atoms with van der Waals surface area (Å²) in [5.41, 5.74) is 4.70. The molecule has 31 heavy (non-hydrogen) atoms. The van der Waals surface area contributed by atoms with E-state index in [0.29, 0.717) is 34.4 Å². The lowest BCUT2D eigenvalue weighted by atomic mass is 10.2. The zero-order valence-corrected chi connectivity index (χ0v) is 18.0. The molecule has 0 aliphatic heterocycles. The molecule has 4 aromatic rings. The van der Waals surface area contributed by atoms with Gasteiger partial charge in [0.2, 0.25) is 5.88 Å². The summed E-state index contributed by atoms with van der Waals surface area (Å²) in [4.78, 5) is 25.4. The number of imidazole rings is 1. The van der Waals surface area contributed by atoms with E-state index in [0.717, 1.165) is 17.1 Å². The zero-order chi connectivity index (χ0) is 22.1. The number of carbonyl (C=O) groups is 1. The van der Waals surface area contributed by atoms with Crippen molar-refractivity contribution >= 4 is 11.6 Å². The van der Waals surface area contributed by atoms with Crippen LogP contribution in [0, 0.1) is 27.7 Å². The van der Waals surface area contributed by atoms with Gasteiger partial charge in [-0.05, 0) is 52.0 Å². The number of ether oxygens (including phenoxy) is 1. The van der Waals surface area contributed by atoms with E-state index < -0.39 is 0 Å². The number of hydrogen-bond acceptors (Lipinski definition) is 6. The van der Waals surface area contributed by atoms with Gasteiger partial charge in [0.15, 0.2) is 0 Å². The van der Waals surface area contributed by atoms with Gasteiger partial charge in [-0.1, -0.05) is 0 Å². The van der Waals surface area contributed by atoms with Crippen LogP contribution in [0.25, 0.3) is 5.82 Å². The van der Waals surface area contributed by atoms with E-state index in [1.54, 1.807) is 41.3 Å². The van der Waals surface area contributed by atoms with E-state index in [-0.39, 0.29) is 5.91 Å². The Kier molecular flexibility index (Phi) is 5.24. The van der Waals surface area contributed by atoms with Crippen molar-refractivity contribution in [2.75, 3.05) is 5.32 Å². The summed E-state index contributed by atoms with van der Waals surface area (Å²) in [6, 6.07) is 8.84. The molecule has 9 heteroatoms. The highest BCUT2D eigenvalue weighted by Gasteiger charge is 2.17. The number of nitrogens with one attached hydrogen (secondary N) is 1. The molecule has 4 rings (SSSR count). The minimum Gasteiger partial charge on any atom is -0.439 e. The lowest BCUT2D eigenvalue weighted by Gasteiger charge is -2.09. The largest absolute Gasteiger partial charge is 0.439 e. The van der Waals surface area contributed by atoms with Crippen LogP contribution in [0.5, 0.6) is 11.6 Å². The molecule has 9 nitrogen and oxygen atoms in total. The van der Waals surface area contributed by atoms with Crippen molar-refractivity contribution in [2.24, 2.45) is 7.05 Å². The van der Waals surface area contributed by atoms with Crippen molar-refractivity contribution in [2.45, 2.75) is 27.7 Å². The van der Waals surface area contributed by atoms with Crippen molar-refractivity contribution in [1.29, 1.82) is 0 Å². The molecule has 0 aliphatic carbocycles. The summed E-state index contributed by atoms with van der Waals surface area (Å²) >= 11 is 0. The fraction of sp³-hybridized carbons (Fsp3) is 0.227. The summed E-state index contributed by atoms with van der Waals surface area (Å²) < 4.78 is 9.44. The third-order valence-corrected chi connectivity index (χ3v) is 5.20. The molecule has 0 atom stereocenters. The average molecular weight is 417 g/mol. The number of nitrogens with zero attached hydrogens (tertiary/aromatic N) is 6. The molecule has 0 saturated heterocycles. The smallest absolute Gasteiger partial charge is 0.259 e. The van der Waals surface area contributed by atoms with Crippen LogP contribution >= 0.6 is 0 Å². The Morgan fingerprint density at radius 3 is 2.32 bits per heavy atom. The zero-order valence-electron chi connectivity index (χ0n) is 18.0. The normalized spacial score (nSPS) is 10.9. The van der Waals surface area contributed by atoms with Crippen molar-refractivity contribution in [3.63, 3.8) is 0 Å². The first kappa shape index (κ1) is 20.3. The van der Waals surface area contributed by atoms with Gasteiger partial charge in [0.05, 0.1) is 17.0 Å². The first-order valence-electron chi connectivity index (χ1n) is 9.76. The summed E-state index contributed by atoms with van der Waals surface area (Å²) in [5.74, 6) is 1.49. The predicted octanol–water partition coefficient (Wildman–Crippen LogP) is 3.67. The predicted molar refractivity (Wildman–Crippen MR) is 116 cm³/mol. The fourth-order valence-corrected chi connectivity index (χ4v) is 3.27. The molecular formula is C22H23N7O2. The Labute approximate surface area is 179 Å². The molecule has 3 heterocycles. The van der Waals surface area contributed by atoms with E-state index in [2.05, 4.69) is 25.4 Å². The number of aryl methyl sites for hydroxylation is 3. The number of carbonyl (C=O) groups excluding carboxylic acids is 1. The Bertz CT molecular complexity index is 1260. The SMILES string of the molecule is Cc1nn(C)c(C)c1C(=O)Nc1ccc(Oc2cc(-n3cnc(C)c3C)ncn2)cc1. The molecule has 1 aromatic carbocycles. The molecule has 0 radical (unpaired) electrons. The van der Waals surface area contributed by atoms with Crippen molar-refractivity contribution in [3.8, 4) is 17.4 Å². The van der Waals surface area contributed by atoms with Gasteiger partial charge >= 0.3 is 0 Å². The lowest BCUT2D eigenvalue weighted by Crippen LogP contribution is -2.14. The van der Waals surface area contributed by atoms with Crippen LogP contribution in [0.3, 0.4) is 0 Å². The van der Waals surface area contributed by atoms with E-state index in [1.807, 2.05) is 39.3 Å². The van der Waals surface area contributed by atoms with Gasteiger partial charge < -0.3 is 10.1 Å². The molecule has 1 N–H and O–H groups in total. The van der Waals surface area contributed by atoms with Gasteiger partial charge in [0.1, 0.15) is 24.2 Å². The van der Waals surface area contributed by atoms with Gasteiger partial charge in [-0.25, -0.2) is 15.0 Å². The van der Waals surface area contributed by atoms with Gasteiger partial charge in [-0.3, -0.25) is 14.0 Å². The molecule has 0 unspecified atom stereocenters.